The summed E-state index contributed by atoms with van der Waals surface area (Å²) in [6.07, 6.45) is 0.853. The summed E-state index contributed by atoms with van der Waals surface area (Å²) in [5.74, 6) is -4.80. The van der Waals surface area contributed by atoms with Gasteiger partial charge in [-0.2, -0.15) is 0 Å². The van der Waals surface area contributed by atoms with Crippen LogP contribution in [0.15, 0.2) is 36.4 Å². The number of fused-ring (bicyclic) bond motifs is 1. The number of hydrogen-bond donors (Lipinski definition) is 0. The molecule has 0 fully saturated rings. The number of benzene rings is 3. The fourth-order valence-corrected chi connectivity index (χ4v) is 4.62. The van der Waals surface area contributed by atoms with Crippen LogP contribution in [0.1, 0.15) is 50.7 Å². The molecule has 0 radical (unpaired) electrons. The first-order chi connectivity index (χ1) is 14.7. The Morgan fingerprint density at radius 3 is 2.00 bits per heavy atom. The molecular formula is C26H24F3NO. The molecule has 1 amide bonds. The number of rotatable bonds is 3. The van der Waals surface area contributed by atoms with Crippen LogP contribution in [-0.4, -0.2) is 10.8 Å². The van der Waals surface area contributed by atoms with Crippen LogP contribution in [0.25, 0.3) is 11.1 Å². The van der Waals surface area contributed by atoms with Crippen molar-refractivity contribution in [3.63, 3.8) is 0 Å². The van der Waals surface area contributed by atoms with Gasteiger partial charge in [0.1, 0.15) is 0 Å². The predicted molar refractivity (Wildman–Crippen MR) is 115 cm³/mol. The fraction of sp³-hybridized carbons (Fsp3) is 0.269. The Morgan fingerprint density at radius 2 is 1.45 bits per heavy atom. The zero-order valence-electron chi connectivity index (χ0n) is 18.1. The Kier molecular flexibility index (Phi) is 5.38. The molecule has 0 unspecified atom stereocenters. The number of aryl methyl sites for hydroxylation is 1. The summed E-state index contributed by atoms with van der Waals surface area (Å²) in [7, 11) is 0. The minimum absolute atomic E-state index is 0.186. The molecule has 1 aliphatic heterocycles. The molecule has 0 aromatic heterocycles. The van der Waals surface area contributed by atoms with Crippen LogP contribution in [0.3, 0.4) is 0 Å². The third-order valence-electron chi connectivity index (χ3n) is 6.31. The average Bonchev–Trinajstić information content (AvgIpc) is 3.20. The molecule has 0 saturated carbocycles. The van der Waals surface area contributed by atoms with Crippen molar-refractivity contribution in [3.8, 4) is 11.1 Å². The maximum atomic E-state index is 13.7. The van der Waals surface area contributed by atoms with Crippen LogP contribution in [0.4, 0.5) is 13.2 Å². The molecule has 0 bridgehead atoms. The lowest BCUT2D eigenvalue weighted by atomic mass is 9.84. The first-order valence-electron chi connectivity index (χ1n) is 10.4. The van der Waals surface area contributed by atoms with E-state index in [-0.39, 0.29) is 5.56 Å². The number of carbonyl (C=O) groups is 1. The standard InChI is InChI=1S/C26H24F3NO/c1-5-19-15(3)20-12-30(26(31)18-10-22(27)25(29)23(28)11-18)13-21(20)16(4)24(19)17-8-6-14(2)7-9-17/h6-11H,5,12-13H2,1-4H3. The molecule has 160 valence electrons. The normalized spacial score (nSPS) is 12.9. The van der Waals surface area contributed by atoms with Gasteiger partial charge in [-0.05, 0) is 78.3 Å². The van der Waals surface area contributed by atoms with Gasteiger partial charge in [-0.25, -0.2) is 13.2 Å². The summed E-state index contributed by atoms with van der Waals surface area (Å²) in [6.45, 7) is 9.02. The van der Waals surface area contributed by atoms with Crippen molar-refractivity contribution in [3.05, 3.63) is 92.8 Å². The van der Waals surface area contributed by atoms with Gasteiger partial charge in [-0.3, -0.25) is 4.79 Å². The van der Waals surface area contributed by atoms with Crippen molar-refractivity contribution in [1.82, 2.24) is 4.90 Å². The van der Waals surface area contributed by atoms with E-state index in [4.69, 9.17) is 0 Å². The van der Waals surface area contributed by atoms with E-state index in [9.17, 15) is 18.0 Å². The highest BCUT2D eigenvalue weighted by Crippen LogP contribution is 2.40. The molecule has 0 saturated heterocycles. The van der Waals surface area contributed by atoms with Gasteiger partial charge in [-0.15, -0.1) is 0 Å². The zero-order chi connectivity index (χ0) is 22.4. The second kappa shape index (κ2) is 7.88. The maximum absolute atomic E-state index is 13.7. The van der Waals surface area contributed by atoms with E-state index < -0.39 is 23.4 Å². The Hall–Kier alpha value is -3.08. The lowest BCUT2D eigenvalue weighted by Crippen LogP contribution is -2.25. The molecular weight excluding hydrogens is 399 g/mol. The molecule has 3 aromatic carbocycles. The topological polar surface area (TPSA) is 20.3 Å². The molecule has 31 heavy (non-hydrogen) atoms. The van der Waals surface area contributed by atoms with E-state index in [1.807, 2.05) is 0 Å². The molecule has 3 aromatic rings. The first kappa shape index (κ1) is 21.2. The molecule has 1 aliphatic rings. The summed E-state index contributed by atoms with van der Waals surface area (Å²) < 4.78 is 40.6. The van der Waals surface area contributed by atoms with Gasteiger partial charge in [0.05, 0.1) is 0 Å². The zero-order valence-corrected chi connectivity index (χ0v) is 18.1. The Labute approximate surface area is 180 Å². The van der Waals surface area contributed by atoms with E-state index in [1.54, 1.807) is 4.90 Å². The largest absolute Gasteiger partial charge is 0.330 e. The molecule has 0 N–H and O–H groups in total. The highest BCUT2D eigenvalue weighted by molar-refractivity contribution is 5.95. The number of carbonyl (C=O) groups excluding carboxylic acids is 1. The molecule has 0 spiro atoms. The van der Waals surface area contributed by atoms with Crippen LogP contribution in [0.2, 0.25) is 0 Å². The minimum atomic E-state index is -1.57. The maximum Gasteiger partial charge on any atom is 0.254 e. The van der Waals surface area contributed by atoms with Gasteiger partial charge < -0.3 is 4.90 Å². The van der Waals surface area contributed by atoms with Crippen molar-refractivity contribution in [2.45, 2.75) is 47.2 Å². The van der Waals surface area contributed by atoms with Gasteiger partial charge in [0, 0.05) is 18.7 Å². The van der Waals surface area contributed by atoms with E-state index in [2.05, 4.69) is 52.0 Å². The van der Waals surface area contributed by atoms with Crippen molar-refractivity contribution < 1.29 is 18.0 Å². The Bertz CT molecular complexity index is 1180. The monoisotopic (exact) mass is 423 g/mol. The highest BCUT2D eigenvalue weighted by atomic mass is 19.2. The van der Waals surface area contributed by atoms with Crippen molar-refractivity contribution in [1.29, 1.82) is 0 Å². The molecule has 1 heterocycles. The summed E-state index contributed by atoms with van der Waals surface area (Å²) in [6, 6.07) is 9.93. The van der Waals surface area contributed by atoms with Crippen LogP contribution >= 0.6 is 0 Å². The first-order valence-corrected chi connectivity index (χ1v) is 10.4. The third kappa shape index (κ3) is 3.52. The lowest BCUT2D eigenvalue weighted by Gasteiger charge is -2.19. The quantitative estimate of drug-likeness (QED) is 0.446. The molecule has 4 rings (SSSR count). The van der Waals surface area contributed by atoms with Gasteiger partial charge in [0.2, 0.25) is 0 Å². The fourth-order valence-electron chi connectivity index (χ4n) is 4.62. The van der Waals surface area contributed by atoms with E-state index in [0.29, 0.717) is 13.1 Å². The second-order valence-electron chi connectivity index (χ2n) is 8.20. The predicted octanol–water partition coefficient (Wildman–Crippen LogP) is 6.41. The Morgan fingerprint density at radius 1 is 0.903 bits per heavy atom. The SMILES string of the molecule is CCc1c(C)c2c(c(C)c1-c1ccc(C)cc1)CN(C(=O)c1cc(F)c(F)c(F)c1)C2. The van der Waals surface area contributed by atoms with Gasteiger partial charge in [0.25, 0.3) is 5.91 Å². The smallest absolute Gasteiger partial charge is 0.254 e. The van der Waals surface area contributed by atoms with Gasteiger partial charge >= 0.3 is 0 Å². The van der Waals surface area contributed by atoms with Crippen molar-refractivity contribution in [2.24, 2.45) is 0 Å². The Balaban J connectivity index is 1.77. The van der Waals surface area contributed by atoms with Gasteiger partial charge in [0.15, 0.2) is 17.5 Å². The second-order valence-corrected chi connectivity index (χ2v) is 8.20. The number of amides is 1. The number of halogens is 3. The lowest BCUT2D eigenvalue weighted by molar-refractivity contribution is 0.0750. The van der Waals surface area contributed by atoms with E-state index >= 15 is 0 Å². The number of nitrogens with zero attached hydrogens (tertiary/aromatic N) is 1. The van der Waals surface area contributed by atoms with E-state index in [1.165, 1.54) is 16.7 Å². The van der Waals surface area contributed by atoms with Crippen LogP contribution in [0.5, 0.6) is 0 Å². The molecule has 2 nitrogen and oxygen atoms in total. The van der Waals surface area contributed by atoms with Crippen molar-refractivity contribution in [2.75, 3.05) is 0 Å². The van der Waals surface area contributed by atoms with Crippen LogP contribution < -0.4 is 0 Å². The van der Waals surface area contributed by atoms with Crippen LogP contribution in [-0.2, 0) is 19.5 Å². The third-order valence-corrected chi connectivity index (χ3v) is 6.31. The summed E-state index contributed by atoms with van der Waals surface area (Å²) >= 11 is 0. The van der Waals surface area contributed by atoms with Crippen molar-refractivity contribution >= 4 is 5.91 Å². The van der Waals surface area contributed by atoms with E-state index in [0.717, 1.165) is 46.4 Å². The minimum Gasteiger partial charge on any atom is -0.330 e. The molecule has 0 atom stereocenters. The summed E-state index contributed by atoms with van der Waals surface area (Å²) in [5.41, 5.74) is 8.99. The molecule has 5 heteroatoms. The van der Waals surface area contributed by atoms with Crippen LogP contribution in [0, 0.1) is 38.2 Å². The van der Waals surface area contributed by atoms with Gasteiger partial charge in [-0.1, -0.05) is 36.8 Å². The summed E-state index contributed by atoms with van der Waals surface area (Å²) in [4.78, 5) is 14.5. The molecule has 0 aliphatic carbocycles. The summed E-state index contributed by atoms with van der Waals surface area (Å²) in [5, 5.41) is 0. The average molecular weight is 423 g/mol. The number of hydrogen-bond acceptors (Lipinski definition) is 1. The highest BCUT2D eigenvalue weighted by Gasteiger charge is 2.30.